The number of nitrogens with zero attached hydrogens (tertiary/aromatic N) is 3. The summed E-state index contributed by atoms with van der Waals surface area (Å²) in [7, 11) is 1.50. The lowest BCUT2D eigenvalue weighted by Gasteiger charge is -2.22. The average molecular weight is 386 g/mol. The van der Waals surface area contributed by atoms with Crippen LogP contribution < -0.4 is 16.6 Å². The number of hydrogen-bond donors (Lipinski definition) is 3. The number of alkyl carbamates (subject to hydrolysis) is 1. The number of ether oxygens (including phenoxy) is 1. The molecule has 10 nitrogen and oxygen atoms in total. The molecule has 1 atom stereocenters. The topological polar surface area (TPSA) is 135 Å². The van der Waals surface area contributed by atoms with Crippen molar-refractivity contribution in [3.8, 4) is 0 Å². The van der Waals surface area contributed by atoms with Crippen LogP contribution in [0, 0.1) is 0 Å². The summed E-state index contributed by atoms with van der Waals surface area (Å²) >= 11 is 0. The lowest BCUT2D eigenvalue weighted by molar-refractivity contribution is 0.0501. The average Bonchev–Trinajstić information content (AvgIpc) is 3.05. The molecule has 1 unspecified atom stereocenters. The highest BCUT2D eigenvalue weighted by Gasteiger charge is 2.24. The Morgan fingerprint density at radius 1 is 1.29 bits per heavy atom. The summed E-state index contributed by atoms with van der Waals surface area (Å²) in [4.78, 5) is 50.0. The fraction of sp³-hybridized carbons (Fsp3) is 0.389. The van der Waals surface area contributed by atoms with Crippen LogP contribution in [0.25, 0.3) is 11.2 Å². The number of amides is 1. The lowest BCUT2D eigenvalue weighted by atomic mass is 10.1. The number of carbonyl (C=O) groups excluding carboxylic acids is 1. The summed E-state index contributed by atoms with van der Waals surface area (Å²) in [6.45, 7) is 5.28. The summed E-state index contributed by atoms with van der Waals surface area (Å²) in [6.07, 6.45) is 1.33. The number of carbonyl (C=O) groups is 1. The Labute approximate surface area is 160 Å². The van der Waals surface area contributed by atoms with Gasteiger partial charge in [-0.25, -0.2) is 14.6 Å². The molecule has 0 saturated carbocycles. The number of fused-ring (bicyclic) bond motifs is 1. The number of aromatic nitrogens is 5. The number of hydrogen-bond acceptors (Lipinski definition) is 6. The quantitative estimate of drug-likeness (QED) is 0.616. The molecule has 3 aromatic heterocycles. The molecule has 10 heteroatoms. The van der Waals surface area contributed by atoms with E-state index in [2.05, 4.69) is 25.3 Å². The minimum Gasteiger partial charge on any atom is -0.444 e. The Morgan fingerprint density at radius 2 is 2.04 bits per heavy atom. The maximum Gasteiger partial charge on any atom is 0.408 e. The van der Waals surface area contributed by atoms with Gasteiger partial charge in [0, 0.05) is 25.4 Å². The molecule has 0 spiro atoms. The molecule has 0 radical (unpaired) electrons. The van der Waals surface area contributed by atoms with E-state index in [0.717, 1.165) is 0 Å². The molecule has 0 aliphatic rings. The van der Waals surface area contributed by atoms with E-state index >= 15 is 0 Å². The van der Waals surface area contributed by atoms with E-state index in [0.29, 0.717) is 17.9 Å². The zero-order valence-electron chi connectivity index (χ0n) is 16.1. The predicted octanol–water partition coefficient (Wildman–Crippen LogP) is 1.15. The van der Waals surface area contributed by atoms with Gasteiger partial charge in [0.25, 0.3) is 5.56 Å². The molecule has 3 aromatic rings. The monoisotopic (exact) mass is 386 g/mol. The Balaban J connectivity index is 2.00. The fourth-order valence-electron chi connectivity index (χ4n) is 2.68. The predicted molar refractivity (Wildman–Crippen MR) is 102 cm³/mol. The van der Waals surface area contributed by atoms with Crippen LogP contribution in [0.1, 0.15) is 38.3 Å². The van der Waals surface area contributed by atoms with Crippen LogP contribution in [-0.2, 0) is 18.2 Å². The Hall–Kier alpha value is -3.43. The maximum absolute atomic E-state index is 12.3. The van der Waals surface area contributed by atoms with Gasteiger partial charge in [0.2, 0.25) is 0 Å². The van der Waals surface area contributed by atoms with E-state index in [9.17, 15) is 14.4 Å². The smallest absolute Gasteiger partial charge is 0.408 e. The van der Waals surface area contributed by atoms with Crippen molar-refractivity contribution in [2.75, 3.05) is 0 Å². The Bertz CT molecular complexity index is 1110. The second-order valence-electron chi connectivity index (χ2n) is 7.36. The molecule has 3 N–H and O–H groups in total. The summed E-state index contributed by atoms with van der Waals surface area (Å²) < 4.78 is 6.56. The first kappa shape index (κ1) is 19.3. The summed E-state index contributed by atoms with van der Waals surface area (Å²) in [5.41, 5.74) is -0.765. The third-order valence-corrected chi connectivity index (χ3v) is 3.93. The normalized spacial score (nSPS) is 12.7. The highest BCUT2D eigenvalue weighted by molar-refractivity contribution is 5.71. The van der Waals surface area contributed by atoms with Gasteiger partial charge in [0.15, 0.2) is 5.65 Å². The Morgan fingerprint density at radius 3 is 2.68 bits per heavy atom. The van der Waals surface area contributed by atoms with E-state index in [1.807, 2.05) is 12.1 Å². The minimum atomic E-state index is -0.672. The van der Waals surface area contributed by atoms with Crippen molar-refractivity contribution in [1.82, 2.24) is 29.8 Å². The number of pyridine rings is 1. The fourth-order valence-corrected chi connectivity index (χ4v) is 2.68. The van der Waals surface area contributed by atoms with Gasteiger partial charge < -0.3 is 15.0 Å². The van der Waals surface area contributed by atoms with Gasteiger partial charge in [-0.1, -0.05) is 6.07 Å². The maximum atomic E-state index is 12.3. The first-order chi connectivity index (χ1) is 13.1. The highest BCUT2D eigenvalue weighted by Crippen LogP contribution is 2.18. The molecule has 0 saturated heterocycles. The zero-order valence-corrected chi connectivity index (χ0v) is 16.1. The SMILES string of the molecule is Cn1c(=O)[nH]c(=O)c2[nH]c(C(Cc3ccccn3)NC(=O)OC(C)(C)C)nc21. The largest absolute Gasteiger partial charge is 0.444 e. The van der Waals surface area contributed by atoms with Crippen LogP contribution in [0.3, 0.4) is 0 Å². The second kappa shape index (κ2) is 7.29. The first-order valence-corrected chi connectivity index (χ1v) is 8.72. The standard InChI is InChI=1S/C18H22N6O4/c1-18(2,3)28-17(27)20-11(9-10-7-5-6-8-19-10)13-21-12-14(22-13)24(4)16(26)23-15(12)25/h5-8,11H,9H2,1-4H3,(H,20,27)(H,21,22)(H,23,25,26). The van der Waals surface area contributed by atoms with E-state index in [1.54, 1.807) is 33.0 Å². The number of imidazole rings is 1. The number of aromatic amines is 2. The van der Waals surface area contributed by atoms with Gasteiger partial charge in [-0.3, -0.25) is 19.3 Å². The van der Waals surface area contributed by atoms with Gasteiger partial charge >= 0.3 is 11.8 Å². The molecule has 3 heterocycles. The van der Waals surface area contributed by atoms with E-state index < -0.39 is 29.0 Å². The van der Waals surface area contributed by atoms with Crippen LogP contribution in [0.15, 0.2) is 34.0 Å². The van der Waals surface area contributed by atoms with Crippen molar-refractivity contribution in [3.05, 3.63) is 56.8 Å². The lowest BCUT2D eigenvalue weighted by Crippen LogP contribution is -2.36. The van der Waals surface area contributed by atoms with Crippen molar-refractivity contribution in [2.45, 2.75) is 38.8 Å². The molecule has 0 aliphatic carbocycles. The Kier molecular flexibility index (Phi) is 5.04. The molecule has 28 heavy (non-hydrogen) atoms. The summed E-state index contributed by atoms with van der Waals surface area (Å²) in [5, 5.41) is 2.76. The molecule has 3 rings (SSSR count). The van der Waals surface area contributed by atoms with Crippen LogP contribution in [0.2, 0.25) is 0 Å². The van der Waals surface area contributed by atoms with E-state index in [1.165, 1.54) is 11.6 Å². The molecule has 148 valence electrons. The second-order valence-corrected chi connectivity index (χ2v) is 7.36. The number of H-pyrrole nitrogens is 2. The van der Waals surface area contributed by atoms with Gasteiger partial charge in [0.1, 0.15) is 16.9 Å². The van der Waals surface area contributed by atoms with Crippen LogP contribution in [0.4, 0.5) is 4.79 Å². The molecule has 0 bridgehead atoms. The third kappa shape index (κ3) is 4.27. The van der Waals surface area contributed by atoms with Crippen molar-refractivity contribution < 1.29 is 9.53 Å². The number of nitrogens with one attached hydrogen (secondary N) is 3. The van der Waals surface area contributed by atoms with Crippen LogP contribution in [0.5, 0.6) is 0 Å². The third-order valence-electron chi connectivity index (χ3n) is 3.93. The van der Waals surface area contributed by atoms with Crippen molar-refractivity contribution in [3.63, 3.8) is 0 Å². The molecule has 1 amide bonds. The van der Waals surface area contributed by atoms with Crippen molar-refractivity contribution >= 4 is 17.3 Å². The van der Waals surface area contributed by atoms with Gasteiger partial charge in [-0.15, -0.1) is 0 Å². The highest BCUT2D eigenvalue weighted by atomic mass is 16.6. The summed E-state index contributed by atoms with van der Waals surface area (Å²) in [6, 6.07) is 4.79. The molecule has 0 aromatic carbocycles. The van der Waals surface area contributed by atoms with Crippen LogP contribution in [-0.4, -0.2) is 36.2 Å². The molecular formula is C18H22N6O4. The van der Waals surface area contributed by atoms with Gasteiger partial charge in [-0.2, -0.15) is 0 Å². The molecule has 0 aliphatic heterocycles. The van der Waals surface area contributed by atoms with E-state index in [4.69, 9.17) is 4.74 Å². The van der Waals surface area contributed by atoms with Crippen molar-refractivity contribution in [2.24, 2.45) is 7.05 Å². The van der Waals surface area contributed by atoms with Crippen molar-refractivity contribution in [1.29, 1.82) is 0 Å². The number of rotatable bonds is 4. The molecular weight excluding hydrogens is 364 g/mol. The minimum absolute atomic E-state index is 0.147. The van der Waals surface area contributed by atoms with E-state index in [-0.39, 0.29) is 11.2 Å². The number of aryl methyl sites for hydroxylation is 1. The zero-order chi connectivity index (χ0) is 20.5. The summed E-state index contributed by atoms with van der Waals surface area (Å²) in [5.74, 6) is 0.318. The van der Waals surface area contributed by atoms with Gasteiger partial charge in [0.05, 0.1) is 6.04 Å². The van der Waals surface area contributed by atoms with Crippen LogP contribution >= 0.6 is 0 Å². The van der Waals surface area contributed by atoms with Gasteiger partial charge in [-0.05, 0) is 32.9 Å². The first-order valence-electron chi connectivity index (χ1n) is 8.72. The molecule has 0 fully saturated rings.